The molecule has 1 amide bonds. The maximum atomic E-state index is 12.6. The van der Waals surface area contributed by atoms with Crippen LogP contribution in [0.1, 0.15) is 48.1 Å². The van der Waals surface area contributed by atoms with Gasteiger partial charge in [0.2, 0.25) is 0 Å². The molecule has 1 aromatic carbocycles. The summed E-state index contributed by atoms with van der Waals surface area (Å²) < 4.78 is 16.1. The molecule has 146 valence electrons. The molecule has 2 heterocycles. The monoisotopic (exact) mass is 371 g/mol. The van der Waals surface area contributed by atoms with Crippen LogP contribution >= 0.6 is 0 Å². The molecule has 0 N–H and O–H groups in total. The number of carbonyl (C=O) groups excluding carboxylic acids is 1. The molecule has 0 atom stereocenters. The lowest BCUT2D eigenvalue weighted by Crippen LogP contribution is -2.38. The van der Waals surface area contributed by atoms with Gasteiger partial charge in [-0.05, 0) is 68.4 Å². The summed E-state index contributed by atoms with van der Waals surface area (Å²) in [5.74, 6) is 2.68. The van der Waals surface area contributed by atoms with E-state index in [-0.39, 0.29) is 5.91 Å². The largest absolute Gasteiger partial charge is 0.494 e. The molecule has 0 bridgehead atoms. The van der Waals surface area contributed by atoms with Crippen molar-refractivity contribution in [3.05, 3.63) is 53.5 Å². The van der Waals surface area contributed by atoms with E-state index in [0.717, 1.165) is 44.5 Å². The van der Waals surface area contributed by atoms with Crippen molar-refractivity contribution in [2.75, 3.05) is 26.8 Å². The molecule has 1 aliphatic heterocycles. The molecule has 3 rings (SSSR count). The van der Waals surface area contributed by atoms with Crippen molar-refractivity contribution in [2.45, 2.75) is 39.2 Å². The summed E-state index contributed by atoms with van der Waals surface area (Å²) in [4.78, 5) is 14.5. The molecule has 0 saturated carbocycles. The van der Waals surface area contributed by atoms with Crippen LogP contribution < -0.4 is 4.74 Å². The number of aryl methyl sites for hydroxylation is 1. The van der Waals surface area contributed by atoms with E-state index in [1.54, 1.807) is 19.2 Å². The first-order valence-electron chi connectivity index (χ1n) is 9.78. The van der Waals surface area contributed by atoms with E-state index in [2.05, 4.69) is 12.1 Å². The minimum atomic E-state index is -0.0117. The van der Waals surface area contributed by atoms with E-state index in [4.69, 9.17) is 13.9 Å². The number of methoxy groups -OCH3 is 1. The van der Waals surface area contributed by atoms with Crippen LogP contribution in [0.5, 0.6) is 5.75 Å². The molecule has 0 radical (unpaired) electrons. The Hall–Kier alpha value is -2.27. The van der Waals surface area contributed by atoms with E-state index in [9.17, 15) is 4.79 Å². The number of hydrogen-bond donors (Lipinski definition) is 0. The molecule has 1 aliphatic rings. The van der Waals surface area contributed by atoms with E-state index < -0.39 is 0 Å². The fraction of sp³-hybridized carbons (Fsp3) is 0.500. The van der Waals surface area contributed by atoms with Crippen LogP contribution in [-0.2, 0) is 17.8 Å². The average Bonchev–Trinajstić information content (AvgIpc) is 3.16. The highest BCUT2D eigenvalue weighted by molar-refractivity contribution is 5.91. The summed E-state index contributed by atoms with van der Waals surface area (Å²) in [6.45, 7) is 4.68. The summed E-state index contributed by atoms with van der Waals surface area (Å²) in [5, 5.41) is 0. The van der Waals surface area contributed by atoms with Crippen molar-refractivity contribution in [3.63, 3.8) is 0 Å². The van der Waals surface area contributed by atoms with E-state index in [1.165, 1.54) is 5.56 Å². The summed E-state index contributed by atoms with van der Waals surface area (Å²) >= 11 is 0. The predicted molar refractivity (Wildman–Crippen MR) is 104 cm³/mol. The third-order valence-corrected chi connectivity index (χ3v) is 5.14. The number of hydrogen-bond acceptors (Lipinski definition) is 4. The Morgan fingerprint density at radius 1 is 1.15 bits per heavy atom. The minimum absolute atomic E-state index is 0.0117. The lowest BCUT2D eigenvalue weighted by molar-refractivity contribution is 0.0648. The van der Waals surface area contributed by atoms with Crippen molar-refractivity contribution >= 4 is 5.91 Å². The topological polar surface area (TPSA) is 51.9 Å². The normalized spacial score (nSPS) is 15.1. The SMILES string of the molecule is CCOc1ccc(CCC2CCN(C(=O)c3ccc(COC)o3)CC2)cc1. The highest BCUT2D eigenvalue weighted by Crippen LogP contribution is 2.24. The predicted octanol–water partition coefficient (Wildman–Crippen LogP) is 4.31. The van der Waals surface area contributed by atoms with Crippen LogP contribution in [0.25, 0.3) is 0 Å². The fourth-order valence-corrected chi connectivity index (χ4v) is 3.58. The van der Waals surface area contributed by atoms with Crippen molar-refractivity contribution < 1.29 is 18.7 Å². The molecule has 5 heteroatoms. The van der Waals surface area contributed by atoms with Gasteiger partial charge in [-0.3, -0.25) is 4.79 Å². The Balaban J connectivity index is 1.43. The number of benzene rings is 1. The van der Waals surface area contributed by atoms with Gasteiger partial charge in [0, 0.05) is 20.2 Å². The maximum absolute atomic E-state index is 12.6. The van der Waals surface area contributed by atoms with Gasteiger partial charge in [-0.2, -0.15) is 0 Å². The number of likely N-dealkylation sites (tertiary alicyclic amines) is 1. The van der Waals surface area contributed by atoms with Gasteiger partial charge in [0.15, 0.2) is 5.76 Å². The van der Waals surface area contributed by atoms with Crippen molar-refractivity contribution in [1.29, 1.82) is 0 Å². The molecular weight excluding hydrogens is 342 g/mol. The molecule has 1 saturated heterocycles. The number of piperidine rings is 1. The van der Waals surface area contributed by atoms with Gasteiger partial charge in [0.05, 0.1) is 6.61 Å². The molecule has 0 aliphatic carbocycles. The quantitative estimate of drug-likeness (QED) is 0.694. The van der Waals surface area contributed by atoms with Gasteiger partial charge < -0.3 is 18.8 Å². The second-order valence-corrected chi connectivity index (χ2v) is 7.05. The molecular formula is C22H29NO4. The van der Waals surface area contributed by atoms with Crippen LogP contribution in [0.4, 0.5) is 0 Å². The number of rotatable bonds is 8. The Labute approximate surface area is 161 Å². The Morgan fingerprint density at radius 3 is 2.56 bits per heavy atom. The van der Waals surface area contributed by atoms with E-state index in [0.29, 0.717) is 30.7 Å². The number of furan rings is 1. The van der Waals surface area contributed by atoms with E-state index >= 15 is 0 Å². The fourth-order valence-electron chi connectivity index (χ4n) is 3.58. The highest BCUT2D eigenvalue weighted by Gasteiger charge is 2.25. The number of nitrogens with zero attached hydrogens (tertiary/aromatic N) is 1. The number of carbonyl (C=O) groups is 1. The van der Waals surface area contributed by atoms with Gasteiger partial charge in [0.25, 0.3) is 5.91 Å². The zero-order valence-electron chi connectivity index (χ0n) is 16.3. The van der Waals surface area contributed by atoms with Crippen molar-refractivity contribution in [3.8, 4) is 5.75 Å². The first-order chi connectivity index (χ1) is 13.2. The molecule has 0 spiro atoms. The van der Waals surface area contributed by atoms with Gasteiger partial charge in [-0.25, -0.2) is 0 Å². The highest BCUT2D eigenvalue weighted by atomic mass is 16.5. The average molecular weight is 371 g/mol. The van der Waals surface area contributed by atoms with Gasteiger partial charge >= 0.3 is 0 Å². The first-order valence-corrected chi connectivity index (χ1v) is 9.78. The van der Waals surface area contributed by atoms with Crippen LogP contribution in [-0.4, -0.2) is 37.6 Å². The number of amides is 1. The molecule has 5 nitrogen and oxygen atoms in total. The molecule has 0 unspecified atom stereocenters. The molecule has 1 aromatic heterocycles. The first kappa shape index (κ1) is 19.5. The van der Waals surface area contributed by atoms with Crippen molar-refractivity contribution in [1.82, 2.24) is 4.90 Å². The van der Waals surface area contributed by atoms with Crippen LogP contribution in [0, 0.1) is 5.92 Å². The lowest BCUT2D eigenvalue weighted by Gasteiger charge is -2.31. The number of ether oxygens (including phenoxy) is 2. The standard InChI is InChI=1S/C22H29NO4/c1-3-26-19-8-6-17(7-9-19)4-5-18-12-14-23(15-13-18)22(24)21-11-10-20(27-21)16-25-2/h6-11,18H,3-5,12-16H2,1-2H3. The van der Waals surface area contributed by atoms with Gasteiger partial charge in [-0.1, -0.05) is 12.1 Å². The minimum Gasteiger partial charge on any atom is -0.494 e. The summed E-state index contributed by atoms with van der Waals surface area (Å²) in [5.41, 5.74) is 1.35. The summed E-state index contributed by atoms with van der Waals surface area (Å²) in [6.07, 6.45) is 4.33. The second-order valence-electron chi connectivity index (χ2n) is 7.05. The van der Waals surface area contributed by atoms with Gasteiger partial charge in [-0.15, -0.1) is 0 Å². The van der Waals surface area contributed by atoms with Crippen LogP contribution in [0.15, 0.2) is 40.8 Å². The van der Waals surface area contributed by atoms with E-state index in [1.807, 2.05) is 24.0 Å². The zero-order chi connectivity index (χ0) is 19.1. The molecule has 2 aromatic rings. The molecule has 27 heavy (non-hydrogen) atoms. The molecule has 1 fully saturated rings. The van der Waals surface area contributed by atoms with Crippen LogP contribution in [0.2, 0.25) is 0 Å². The third kappa shape index (κ3) is 5.36. The van der Waals surface area contributed by atoms with Crippen LogP contribution in [0.3, 0.4) is 0 Å². The van der Waals surface area contributed by atoms with Gasteiger partial charge in [0.1, 0.15) is 18.1 Å². The Morgan fingerprint density at radius 2 is 1.89 bits per heavy atom. The zero-order valence-corrected chi connectivity index (χ0v) is 16.3. The smallest absolute Gasteiger partial charge is 0.289 e. The maximum Gasteiger partial charge on any atom is 0.289 e. The third-order valence-electron chi connectivity index (χ3n) is 5.14. The summed E-state index contributed by atoms with van der Waals surface area (Å²) in [7, 11) is 1.61. The Kier molecular flexibility index (Phi) is 6.93. The second kappa shape index (κ2) is 9.60. The lowest BCUT2D eigenvalue weighted by atomic mass is 9.90. The Bertz CT molecular complexity index is 714. The summed E-state index contributed by atoms with van der Waals surface area (Å²) in [6, 6.07) is 11.9. The van der Waals surface area contributed by atoms with Crippen molar-refractivity contribution in [2.24, 2.45) is 5.92 Å².